The van der Waals surface area contributed by atoms with Gasteiger partial charge in [-0.3, -0.25) is 14.2 Å². The van der Waals surface area contributed by atoms with Crippen LogP contribution in [-0.2, 0) is 4.79 Å². The molecule has 2 aromatic carbocycles. The monoisotopic (exact) mass is 481 g/mol. The normalized spacial score (nSPS) is 15.0. The van der Waals surface area contributed by atoms with Crippen LogP contribution in [0.1, 0.15) is 53.2 Å². The Morgan fingerprint density at radius 3 is 2.44 bits per heavy atom. The number of rotatable bonds is 5. The van der Waals surface area contributed by atoms with Crippen molar-refractivity contribution in [3.63, 3.8) is 0 Å². The van der Waals surface area contributed by atoms with Gasteiger partial charge in [-0.15, -0.1) is 0 Å². The molecule has 168 valence electrons. The summed E-state index contributed by atoms with van der Waals surface area (Å²) in [6.07, 6.45) is 2.99. The van der Waals surface area contributed by atoms with Crippen LogP contribution in [0.4, 0.5) is 8.78 Å². The van der Waals surface area contributed by atoms with Crippen LogP contribution in [0.25, 0.3) is 10.9 Å². The molecule has 1 aliphatic rings. The van der Waals surface area contributed by atoms with Gasteiger partial charge in [0.15, 0.2) is 17.4 Å². The predicted octanol–water partition coefficient (Wildman–Crippen LogP) is 6.29. The molecule has 0 bridgehead atoms. The Bertz CT molecular complexity index is 1270. The third kappa shape index (κ3) is 3.63. The zero-order valence-electron chi connectivity index (χ0n) is 17.0. The third-order valence-electron chi connectivity index (χ3n) is 6.22. The number of carboxylic acids is 1. The van der Waals surface area contributed by atoms with Crippen molar-refractivity contribution < 1.29 is 28.6 Å². The van der Waals surface area contributed by atoms with Gasteiger partial charge in [0, 0.05) is 22.7 Å². The van der Waals surface area contributed by atoms with E-state index in [1.165, 1.54) is 25.1 Å². The largest absolute Gasteiger partial charge is 0.503 e. The molecule has 0 radical (unpaired) electrons. The SMILES string of the molecule is Cc1c(C(CC2CCC2)C(=O)O)c2c(F)c(O)c(F)cc2n1C(=O)c1ccc(Cl)c(Cl)c1. The number of nitrogens with zero attached hydrogens (tertiary/aromatic N) is 1. The molecule has 9 heteroatoms. The summed E-state index contributed by atoms with van der Waals surface area (Å²) in [5.41, 5.74) is 0.152. The van der Waals surface area contributed by atoms with Gasteiger partial charge >= 0.3 is 5.97 Å². The lowest BCUT2D eigenvalue weighted by Crippen LogP contribution is -2.21. The topological polar surface area (TPSA) is 79.5 Å². The highest BCUT2D eigenvalue weighted by molar-refractivity contribution is 6.42. The van der Waals surface area contributed by atoms with E-state index in [-0.39, 0.29) is 50.1 Å². The average Bonchev–Trinajstić information content (AvgIpc) is 2.98. The number of carbonyl (C=O) groups excluding carboxylic acids is 1. The Morgan fingerprint density at radius 2 is 1.88 bits per heavy atom. The minimum absolute atomic E-state index is 0.0561. The van der Waals surface area contributed by atoms with Crippen molar-refractivity contribution in [3.8, 4) is 5.75 Å². The second-order valence-corrected chi connectivity index (χ2v) is 8.92. The summed E-state index contributed by atoms with van der Waals surface area (Å²) in [7, 11) is 0. The predicted molar refractivity (Wildman–Crippen MR) is 117 cm³/mol. The smallest absolute Gasteiger partial charge is 0.311 e. The molecular weight excluding hydrogens is 463 g/mol. The van der Waals surface area contributed by atoms with E-state index in [1.807, 2.05) is 0 Å². The second-order valence-electron chi connectivity index (χ2n) is 8.11. The maximum absolute atomic E-state index is 15.1. The minimum atomic E-state index is -1.29. The fraction of sp³-hybridized carbons (Fsp3) is 0.304. The number of benzene rings is 2. The Balaban J connectivity index is 1.99. The molecular formula is C23H19Cl2F2NO4. The van der Waals surface area contributed by atoms with Gasteiger partial charge in [0.1, 0.15) is 0 Å². The van der Waals surface area contributed by atoms with Crippen molar-refractivity contribution in [2.45, 2.75) is 38.5 Å². The fourth-order valence-electron chi connectivity index (χ4n) is 4.36. The molecule has 1 aliphatic carbocycles. The summed E-state index contributed by atoms with van der Waals surface area (Å²) in [6, 6.07) is 5.00. The molecule has 1 heterocycles. The average molecular weight is 482 g/mol. The molecule has 32 heavy (non-hydrogen) atoms. The Morgan fingerprint density at radius 1 is 1.19 bits per heavy atom. The third-order valence-corrected chi connectivity index (χ3v) is 6.96. The van der Waals surface area contributed by atoms with Crippen LogP contribution in [0.2, 0.25) is 10.0 Å². The summed E-state index contributed by atoms with van der Waals surface area (Å²) in [6.45, 7) is 1.48. The van der Waals surface area contributed by atoms with Gasteiger partial charge in [-0.1, -0.05) is 42.5 Å². The summed E-state index contributed by atoms with van der Waals surface area (Å²) >= 11 is 11.9. The van der Waals surface area contributed by atoms with Crippen molar-refractivity contribution in [2.75, 3.05) is 0 Å². The Hall–Kier alpha value is -2.64. The summed E-state index contributed by atoms with van der Waals surface area (Å²) < 4.78 is 30.4. The van der Waals surface area contributed by atoms with Gasteiger partial charge in [-0.05, 0) is 43.0 Å². The molecule has 2 N–H and O–H groups in total. The van der Waals surface area contributed by atoms with Gasteiger partial charge in [-0.25, -0.2) is 8.78 Å². The highest BCUT2D eigenvalue weighted by Gasteiger charge is 2.35. The minimum Gasteiger partial charge on any atom is -0.503 e. The van der Waals surface area contributed by atoms with Crippen molar-refractivity contribution in [1.82, 2.24) is 4.57 Å². The van der Waals surface area contributed by atoms with Crippen LogP contribution < -0.4 is 0 Å². The number of aliphatic carboxylic acids is 1. The van der Waals surface area contributed by atoms with Crippen LogP contribution in [0.15, 0.2) is 24.3 Å². The van der Waals surface area contributed by atoms with E-state index in [4.69, 9.17) is 23.2 Å². The van der Waals surface area contributed by atoms with Crippen molar-refractivity contribution in [3.05, 3.63) is 62.8 Å². The van der Waals surface area contributed by atoms with E-state index < -0.39 is 35.2 Å². The van der Waals surface area contributed by atoms with Crippen molar-refractivity contribution in [2.24, 2.45) is 5.92 Å². The fourth-order valence-corrected chi connectivity index (χ4v) is 4.66. The van der Waals surface area contributed by atoms with E-state index in [2.05, 4.69) is 0 Å². The quantitative estimate of drug-likeness (QED) is 0.448. The Labute approximate surface area is 192 Å². The lowest BCUT2D eigenvalue weighted by molar-refractivity contribution is -0.139. The molecule has 0 saturated heterocycles. The van der Waals surface area contributed by atoms with E-state index >= 15 is 4.39 Å². The van der Waals surface area contributed by atoms with Gasteiger partial charge in [0.05, 0.1) is 21.5 Å². The van der Waals surface area contributed by atoms with Crippen molar-refractivity contribution >= 4 is 46.0 Å². The first kappa shape index (κ1) is 22.6. The van der Waals surface area contributed by atoms with Crippen LogP contribution >= 0.6 is 23.2 Å². The van der Waals surface area contributed by atoms with Crippen molar-refractivity contribution in [1.29, 1.82) is 0 Å². The van der Waals surface area contributed by atoms with E-state index in [1.54, 1.807) is 0 Å². The number of hydrogen-bond donors (Lipinski definition) is 2. The molecule has 0 spiro atoms. The molecule has 1 saturated carbocycles. The van der Waals surface area contributed by atoms with Crippen LogP contribution in [-0.4, -0.2) is 26.7 Å². The first-order chi connectivity index (χ1) is 15.1. The first-order valence-corrected chi connectivity index (χ1v) is 10.8. The standard InChI is InChI=1S/C23H19Cl2F2NO4/c1-10-18(13(23(31)32)7-11-3-2-4-11)19-17(9-16(26)21(29)20(19)27)28(10)22(30)12-5-6-14(24)15(25)8-12/h5-6,8-9,11,13,29H,2-4,7H2,1H3,(H,31,32). The number of carbonyl (C=O) groups is 2. The molecule has 1 fully saturated rings. The molecule has 1 unspecified atom stereocenters. The lowest BCUT2D eigenvalue weighted by Gasteiger charge is -2.28. The number of halogens is 4. The number of carboxylic acid groups (broad SMARTS) is 1. The van der Waals surface area contributed by atoms with Crippen LogP contribution in [0.5, 0.6) is 5.75 Å². The number of aromatic nitrogens is 1. The van der Waals surface area contributed by atoms with E-state index in [9.17, 15) is 24.2 Å². The maximum Gasteiger partial charge on any atom is 0.311 e. The number of fused-ring (bicyclic) bond motifs is 1. The molecule has 1 aromatic heterocycles. The molecule has 5 nitrogen and oxygen atoms in total. The lowest BCUT2D eigenvalue weighted by atomic mass is 9.76. The first-order valence-electron chi connectivity index (χ1n) is 10.1. The number of hydrogen-bond acceptors (Lipinski definition) is 3. The summed E-state index contributed by atoms with van der Waals surface area (Å²) in [4.78, 5) is 25.5. The number of phenolic OH excluding ortho intramolecular Hbond substituents is 1. The maximum atomic E-state index is 15.1. The highest BCUT2D eigenvalue weighted by Crippen LogP contribution is 2.43. The summed E-state index contributed by atoms with van der Waals surface area (Å²) in [5.74, 6) is -6.56. The molecule has 0 aliphatic heterocycles. The van der Waals surface area contributed by atoms with Gasteiger partial charge in [0.25, 0.3) is 5.91 Å². The van der Waals surface area contributed by atoms with E-state index in [0.717, 1.165) is 29.9 Å². The van der Waals surface area contributed by atoms with Crippen LogP contribution in [0, 0.1) is 24.5 Å². The highest BCUT2D eigenvalue weighted by atomic mass is 35.5. The van der Waals surface area contributed by atoms with Gasteiger partial charge in [-0.2, -0.15) is 0 Å². The molecule has 3 aromatic rings. The zero-order valence-corrected chi connectivity index (χ0v) is 18.5. The molecule has 0 amide bonds. The summed E-state index contributed by atoms with van der Waals surface area (Å²) in [5, 5.41) is 19.9. The molecule has 4 rings (SSSR count). The van der Waals surface area contributed by atoms with E-state index in [0.29, 0.717) is 0 Å². The zero-order chi connectivity index (χ0) is 23.3. The number of aromatic hydroxyl groups is 1. The van der Waals surface area contributed by atoms with Crippen LogP contribution in [0.3, 0.4) is 0 Å². The Kier molecular flexibility index (Phi) is 5.90. The molecule has 1 atom stereocenters. The van der Waals surface area contributed by atoms with Gasteiger partial charge < -0.3 is 10.2 Å². The number of phenols is 1. The second kappa shape index (κ2) is 8.37. The van der Waals surface area contributed by atoms with Gasteiger partial charge in [0.2, 0.25) is 0 Å².